The summed E-state index contributed by atoms with van der Waals surface area (Å²) in [4.78, 5) is 28.7. The third-order valence-electron chi connectivity index (χ3n) is 4.88. The summed E-state index contributed by atoms with van der Waals surface area (Å²) in [5, 5.41) is 2.67. The number of piperazine rings is 1. The number of rotatable bonds is 4. The molecule has 2 amide bonds. The zero-order valence-corrected chi connectivity index (χ0v) is 17.9. The van der Waals surface area contributed by atoms with Crippen molar-refractivity contribution < 1.29 is 18.4 Å². The molecule has 3 rings (SSSR count). The molecule has 1 aliphatic rings. The highest BCUT2D eigenvalue weighted by molar-refractivity contribution is 9.10. The summed E-state index contributed by atoms with van der Waals surface area (Å²) >= 11 is 9.16. The Bertz CT molecular complexity index is 936. The summed E-state index contributed by atoms with van der Waals surface area (Å²) in [6.45, 7) is 3.48. The summed E-state index contributed by atoms with van der Waals surface area (Å²) in [6, 6.07) is 7.61. The van der Waals surface area contributed by atoms with E-state index in [1.54, 1.807) is 17.9 Å². The first-order valence-electron chi connectivity index (χ1n) is 9.00. The standard InChI is InChI=1S/C20H19BrClF2N3O2/c1-12(19(28)25-18-5-2-13(21)10-17(18)24)26-6-8-27(9-7-26)20(29)15-4-3-14(23)11-16(15)22/h2-5,10-12H,6-9H2,1H3,(H,25,28). The van der Waals surface area contributed by atoms with Gasteiger partial charge in [0.15, 0.2) is 0 Å². The predicted octanol–water partition coefficient (Wildman–Crippen LogP) is 4.17. The van der Waals surface area contributed by atoms with Crippen molar-refractivity contribution in [2.75, 3.05) is 31.5 Å². The fourth-order valence-electron chi connectivity index (χ4n) is 3.14. The first-order chi connectivity index (χ1) is 13.8. The summed E-state index contributed by atoms with van der Waals surface area (Å²) in [7, 11) is 0. The third-order valence-corrected chi connectivity index (χ3v) is 5.69. The zero-order valence-electron chi connectivity index (χ0n) is 15.6. The molecule has 2 aromatic carbocycles. The van der Waals surface area contributed by atoms with Gasteiger partial charge in [0.25, 0.3) is 5.91 Å². The van der Waals surface area contributed by atoms with Gasteiger partial charge >= 0.3 is 0 Å². The van der Waals surface area contributed by atoms with Crippen LogP contribution in [0.15, 0.2) is 40.9 Å². The molecule has 5 nitrogen and oxygen atoms in total. The van der Waals surface area contributed by atoms with Crippen LogP contribution >= 0.6 is 27.5 Å². The van der Waals surface area contributed by atoms with Crippen molar-refractivity contribution in [3.8, 4) is 0 Å². The lowest BCUT2D eigenvalue weighted by molar-refractivity contribution is -0.121. The number of hydrogen-bond donors (Lipinski definition) is 1. The molecule has 1 heterocycles. The van der Waals surface area contributed by atoms with Gasteiger partial charge in [0.2, 0.25) is 5.91 Å². The van der Waals surface area contributed by atoms with E-state index in [0.717, 1.165) is 6.07 Å². The van der Waals surface area contributed by atoms with Crippen LogP contribution in [0.2, 0.25) is 5.02 Å². The molecular formula is C20H19BrClF2N3O2. The van der Waals surface area contributed by atoms with E-state index in [2.05, 4.69) is 21.2 Å². The molecule has 29 heavy (non-hydrogen) atoms. The van der Waals surface area contributed by atoms with E-state index in [1.165, 1.54) is 24.3 Å². The van der Waals surface area contributed by atoms with Crippen molar-refractivity contribution in [1.82, 2.24) is 9.80 Å². The maximum atomic E-state index is 13.9. The van der Waals surface area contributed by atoms with E-state index in [-0.39, 0.29) is 28.1 Å². The molecule has 0 bridgehead atoms. The molecule has 1 fully saturated rings. The van der Waals surface area contributed by atoms with E-state index >= 15 is 0 Å². The Morgan fingerprint density at radius 2 is 1.79 bits per heavy atom. The maximum absolute atomic E-state index is 13.9. The smallest absolute Gasteiger partial charge is 0.255 e. The maximum Gasteiger partial charge on any atom is 0.255 e. The fraction of sp³-hybridized carbons (Fsp3) is 0.300. The van der Waals surface area contributed by atoms with Gasteiger partial charge in [-0.25, -0.2) is 8.78 Å². The SMILES string of the molecule is CC(C(=O)Nc1ccc(Br)cc1F)N1CCN(C(=O)c2ccc(F)cc2Cl)CC1. The van der Waals surface area contributed by atoms with Gasteiger partial charge in [-0.1, -0.05) is 27.5 Å². The lowest BCUT2D eigenvalue weighted by Crippen LogP contribution is -2.54. The van der Waals surface area contributed by atoms with E-state index in [9.17, 15) is 18.4 Å². The quantitative estimate of drug-likeness (QED) is 0.706. The second kappa shape index (κ2) is 9.19. The molecule has 1 atom stereocenters. The molecule has 154 valence electrons. The molecular weight excluding hydrogens is 468 g/mol. The van der Waals surface area contributed by atoms with Gasteiger partial charge in [0.1, 0.15) is 11.6 Å². The van der Waals surface area contributed by atoms with Gasteiger partial charge < -0.3 is 10.2 Å². The number of carbonyl (C=O) groups excluding carboxylic acids is 2. The average Bonchev–Trinajstić information content (AvgIpc) is 2.69. The number of halogens is 4. The number of nitrogens with zero attached hydrogens (tertiary/aromatic N) is 2. The van der Waals surface area contributed by atoms with Crippen molar-refractivity contribution in [3.63, 3.8) is 0 Å². The van der Waals surface area contributed by atoms with Crippen LogP contribution in [0.5, 0.6) is 0 Å². The average molecular weight is 487 g/mol. The van der Waals surface area contributed by atoms with Crippen molar-refractivity contribution in [1.29, 1.82) is 0 Å². The number of anilines is 1. The van der Waals surface area contributed by atoms with Crippen LogP contribution in [-0.2, 0) is 4.79 Å². The summed E-state index contributed by atoms with van der Waals surface area (Å²) in [5.74, 6) is -1.62. The van der Waals surface area contributed by atoms with Crippen molar-refractivity contribution in [2.45, 2.75) is 13.0 Å². The van der Waals surface area contributed by atoms with Crippen LogP contribution in [0, 0.1) is 11.6 Å². The molecule has 2 aromatic rings. The molecule has 0 aliphatic carbocycles. The van der Waals surface area contributed by atoms with Gasteiger partial charge in [0.05, 0.1) is 22.3 Å². The Morgan fingerprint density at radius 1 is 1.10 bits per heavy atom. The lowest BCUT2D eigenvalue weighted by Gasteiger charge is -2.37. The highest BCUT2D eigenvalue weighted by atomic mass is 79.9. The minimum atomic E-state index is -0.522. The van der Waals surface area contributed by atoms with E-state index < -0.39 is 17.7 Å². The molecule has 0 spiro atoms. The molecule has 1 saturated heterocycles. The summed E-state index contributed by atoms with van der Waals surface area (Å²) in [5.41, 5.74) is 0.364. The van der Waals surface area contributed by atoms with Crippen LogP contribution < -0.4 is 5.32 Å². The largest absolute Gasteiger partial charge is 0.336 e. The Balaban J connectivity index is 1.58. The van der Waals surface area contributed by atoms with Gasteiger partial charge in [-0.2, -0.15) is 0 Å². The zero-order chi connectivity index (χ0) is 21.1. The second-order valence-electron chi connectivity index (χ2n) is 6.74. The first-order valence-corrected chi connectivity index (χ1v) is 10.2. The molecule has 1 N–H and O–H groups in total. The minimum Gasteiger partial charge on any atom is -0.336 e. The Kier molecular flexibility index (Phi) is 6.87. The first kappa shape index (κ1) is 21.7. The number of amides is 2. The van der Waals surface area contributed by atoms with Gasteiger partial charge in [0, 0.05) is 30.7 Å². The highest BCUT2D eigenvalue weighted by Gasteiger charge is 2.29. The van der Waals surface area contributed by atoms with Gasteiger partial charge in [-0.05, 0) is 43.3 Å². The minimum absolute atomic E-state index is 0.0710. The summed E-state index contributed by atoms with van der Waals surface area (Å²) in [6.07, 6.45) is 0. The number of benzene rings is 2. The van der Waals surface area contributed by atoms with Crippen LogP contribution in [0.1, 0.15) is 17.3 Å². The van der Waals surface area contributed by atoms with Crippen LogP contribution in [-0.4, -0.2) is 53.8 Å². The van der Waals surface area contributed by atoms with Gasteiger partial charge in [-0.15, -0.1) is 0 Å². The van der Waals surface area contributed by atoms with Crippen LogP contribution in [0.4, 0.5) is 14.5 Å². The molecule has 0 radical (unpaired) electrons. The van der Waals surface area contributed by atoms with Crippen molar-refractivity contribution >= 4 is 45.0 Å². The summed E-state index contributed by atoms with van der Waals surface area (Å²) < 4.78 is 27.7. The van der Waals surface area contributed by atoms with E-state index in [4.69, 9.17) is 11.6 Å². The Labute approximate surface area is 180 Å². The molecule has 0 saturated carbocycles. The molecule has 1 unspecified atom stereocenters. The Morgan fingerprint density at radius 3 is 2.41 bits per heavy atom. The van der Waals surface area contributed by atoms with Crippen LogP contribution in [0.25, 0.3) is 0 Å². The molecule has 1 aliphatic heterocycles. The second-order valence-corrected chi connectivity index (χ2v) is 8.06. The highest BCUT2D eigenvalue weighted by Crippen LogP contribution is 2.22. The van der Waals surface area contributed by atoms with E-state index in [0.29, 0.717) is 30.7 Å². The molecule has 0 aromatic heterocycles. The normalized spacial score (nSPS) is 15.8. The van der Waals surface area contributed by atoms with E-state index in [1.807, 2.05) is 4.90 Å². The van der Waals surface area contributed by atoms with Crippen molar-refractivity contribution in [2.24, 2.45) is 0 Å². The lowest BCUT2D eigenvalue weighted by atomic mass is 10.1. The number of hydrogen-bond acceptors (Lipinski definition) is 3. The topological polar surface area (TPSA) is 52.7 Å². The number of nitrogens with one attached hydrogen (secondary N) is 1. The van der Waals surface area contributed by atoms with Crippen molar-refractivity contribution in [3.05, 3.63) is 63.1 Å². The monoisotopic (exact) mass is 485 g/mol. The molecule has 9 heteroatoms. The predicted molar refractivity (Wildman–Crippen MR) is 111 cm³/mol. The third kappa shape index (κ3) is 5.12. The Hall–Kier alpha value is -2.03. The van der Waals surface area contributed by atoms with Crippen LogP contribution in [0.3, 0.4) is 0 Å². The fourth-order valence-corrected chi connectivity index (χ4v) is 3.72. The number of carbonyl (C=O) groups is 2. The van der Waals surface area contributed by atoms with Gasteiger partial charge in [-0.3, -0.25) is 14.5 Å².